The second-order valence-electron chi connectivity index (χ2n) is 9.67. The van der Waals surface area contributed by atoms with Crippen LogP contribution in [-0.2, 0) is 15.1 Å². The molecule has 1 aromatic rings. The molecule has 0 spiro atoms. The van der Waals surface area contributed by atoms with Crippen molar-refractivity contribution in [2.45, 2.75) is 56.5 Å². The normalized spacial score (nSPS) is 37.7. The van der Waals surface area contributed by atoms with E-state index in [0.29, 0.717) is 28.3 Å². The van der Waals surface area contributed by atoms with Gasteiger partial charge in [0.15, 0.2) is 0 Å². The summed E-state index contributed by atoms with van der Waals surface area (Å²) in [5.74, 6) is 1.43. The van der Waals surface area contributed by atoms with Gasteiger partial charge in [-0.05, 0) is 69.3 Å². The number of nitrogens with zero attached hydrogens (tertiary/aromatic N) is 1. The average molecular weight is 416 g/mol. The van der Waals surface area contributed by atoms with Gasteiger partial charge in [0.2, 0.25) is 5.91 Å². The monoisotopic (exact) mass is 415 g/mol. The summed E-state index contributed by atoms with van der Waals surface area (Å²) in [4.78, 5) is 39.5. The van der Waals surface area contributed by atoms with Crippen molar-refractivity contribution in [2.75, 3.05) is 6.54 Å². The molecule has 154 valence electrons. The van der Waals surface area contributed by atoms with E-state index in [0.717, 1.165) is 24.2 Å². The summed E-state index contributed by atoms with van der Waals surface area (Å²) in [6.45, 7) is 1.37. The second-order valence-corrected chi connectivity index (χ2v) is 10.1. The molecule has 1 unspecified atom stereocenters. The second kappa shape index (κ2) is 6.46. The Hall–Kier alpha value is -2.08. The Bertz CT molecular complexity index is 866. The molecule has 5 fully saturated rings. The van der Waals surface area contributed by atoms with Crippen LogP contribution in [0.1, 0.15) is 51.0 Å². The van der Waals surface area contributed by atoms with Gasteiger partial charge in [0.25, 0.3) is 5.91 Å². The molecule has 1 aliphatic heterocycles. The first kappa shape index (κ1) is 18.9. The maximum atomic E-state index is 13.1. The maximum absolute atomic E-state index is 13.1. The highest BCUT2D eigenvalue weighted by Gasteiger charge is 2.53. The number of rotatable bonds is 4. The standard InChI is InChI=1S/C22H26ClN3O3/c1-21(16-4-2-3-5-17(16)23)19(28)26(20(29)25-21)12-18(27)24-22-9-13-6-14(10-22)8-15(7-13)11-22/h2-5,13-15H,6-12H2,1H3,(H,24,27)(H,25,29). The highest BCUT2D eigenvalue weighted by atomic mass is 35.5. The molecular weight excluding hydrogens is 390 g/mol. The lowest BCUT2D eigenvalue weighted by Crippen LogP contribution is -2.61. The number of hydrogen-bond donors (Lipinski definition) is 2. The molecule has 6 rings (SSSR count). The van der Waals surface area contributed by atoms with Crippen molar-refractivity contribution in [3.63, 3.8) is 0 Å². The number of hydrogen-bond acceptors (Lipinski definition) is 3. The average Bonchev–Trinajstić information content (AvgIpc) is 2.84. The lowest BCUT2D eigenvalue weighted by atomic mass is 9.53. The van der Waals surface area contributed by atoms with E-state index in [9.17, 15) is 14.4 Å². The third-order valence-corrected chi connectivity index (χ3v) is 7.76. The Labute approximate surface area is 175 Å². The Morgan fingerprint density at radius 2 is 1.72 bits per heavy atom. The summed E-state index contributed by atoms with van der Waals surface area (Å²) in [5.41, 5.74) is -0.878. The van der Waals surface area contributed by atoms with Gasteiger partial charge in [-0.25, -0.2) is 4.79 Å². The van der Waals surface area contributed by atoms with Crippen molar-refractivity contribution in [2.24, 2.45) is 17.8 Å². The Kier molecular flexibility index (Phi) is 4.21. The first-order valence-electron chi connectivity index (χ1n) is 10.5. The topological polar surface area (TPSA) is 78.5 Å². The van der Waals surface area contributed by atoms with Crippen LogP contribution in [-0.4, -0.2) is 34.8 Å². The summed E-state index contributed by atoms with van der Waals surface area (Å²) in [6, 6.07) is 6.39. The molecule has 29 heavy (non-hydrogen) atoms. The first-order valence-corrected chi connectivity index (χ1v) is 10.9. The molecule has 4 saturated carbocycles. The fraction of sp³-hybridized carbons (Fsp3) is 0.591. The number of carbonyl (C=O) groups is 3. The van der Waals surface area contributed by atoms with Gasteiger partial charge in [-0.3, -0.25) is 14.5 Å². The minimum atomic E-state index is -1.27. The molecule has 1 aromatic carbocycles. The molecule has 7 heteroatoms. The van der Waals surface area contributed by atoms with E-state index >= 15 is 0 Å². The molecule has 4 bridgehead atoms. The summed E-state index contributed by atoms with van der Waals surface area (Å²) >= 11 is 6.26. The van der Waals surface area contributed by atoms with E-state index in [1.165, 1.54) is 19.3 Å². The van der Waals surface area contributed by atoms with E-state index in [4.69, 9.17) is 11.6 Å². The quantitative estimate of drug-likeness (QED) is 0.741. The predicted molar refractivity (Wildman–Crippen MR) is 108 cm³/mol. The Morgan fingerprint density at radius 3 is 2.31 bits per heavy atom. The number of urea groups is 1. The van der Waals surface area contributed by atoms with Crippen molar-refractivity contribution < 1.29 is 14.4 Å². The van der Waals surface area contributed by atoms with Gasteiger partial charge in [0, 0.05) is 16.1 Å². The number of nitrogens with one attached hydrogen (secondary N) is 2. The minimum Gasteiger partial charge on any atom is -0.349 e. The first-order chi connectivity index (χ1) is 13.8. The van der Waals surface area contributed by atoms with Crippen LogP contribution in [0.2, 0.25) is 5.02 Å². The zero-order chi connectivity index (χ0) is 20.4. The van der Waals surface area contributed by atoms with Crippen LogP contribution in [0.5, 0.6) is 0 Å². The highest BCUT2D eigenvalue weighted by Crippen LogP contribution is 2.55. The van der Waals surface area contributed by atoms with E-state index in [2.05, 4.69) is 10.6 Å². The highest BCUT2D eigenvalue weighted by molar-refractivity contribution is 6.32. The van der Waals surface area contributed by atoms with Crippen molar-refractivity contribution in [1.29, 1.82) is 0 Å². The van der Waals surface area contributed by atoms with Gasteiger partial charge in [-0.2, -0.15) is 0 Å². The van der Waals surface area contributed by atoms with Crippen molar-refractivity contribution >= 4 is 29.4 Å². The van der Waals surface area contributed by atoms with Crippen LogP contribution in [0.4, 0.5) is 4.79 Å². The molecule has 4 aliphatic carbocycles. The van der Waals surface area contributed by atoms with Crippen molar-refractivity contribution in [1.82, 2.24) is 15.5 Å². The summed E-state index contributed by atoms with van der Waals surface area (Å²) in [7, 11) is 0. The van der Waals surface area contributed by atoms with Gasteiger partial charge in [-0.15, -0.1) is 0 Å². The molecule has 5 aliphatic rings. The molecule has 0 aromatic heterocycles. The van der Waals surface area contributed by atoms with Crippen LogP contribution in [0.15, 0.2) is 24.3 Å². The van der Waals surface area contributed by atoms with Crippen molar-refractivity contribution in [3.8, 4) is 0 Å². The zero-order valence-corrected chi connectivity index (χ0v) is 17.3. The number of amides is 4. The fourth-order valence-electron chi connectivity index (χ4n) is 6.63. The molecule has 2 N–H and O–H groups in total. The third-order valence-electron chi connectivity index (χ3n) is 7.43. The number of halogens is 1. The Morgan fingerprint density at radius 1 is 1.14 bits per heavy atom. The lowest BCUT2D eigenvalue weighted by molar-refractivity contribution is -0.136. The summed E-state index contributed by atoms with van der Waals surface area (Å²) in [6.07, 6.45) is 6.96. The zero-order valence-electron chi connectivity index (χ0n) is 16.5. The smallest absolute Gasteiger partial charge is 0.325 e. The predicted octanol–water partition coefficient (Wildman–Crippen LogP) is 3.19. The Balaban J connectivity index is 1.31. The largest absolute Gasteiger partial charge is 0.349 e. The number of carbonyl (C=O) groups excluding carboxylic acids is 3. The maximum Gasteiger partial charge on any atom is 0.325 e. The van der Waals surface area contributed by atoms with E-state index in [1.54, 1.807) is 31.2 Å². The van der Waals surface area contributed by atoms with Crippen LogP contribution in [0.25, 0.3) is 0 Å². The number of imide groups is 1. The SMILES string of the molecule is CC1(c2ccccc2Cl)NC(=O)N(CC(=O)NC23CC4CC(CC(C4)C2)C3)C1=O. The van der Waals surface area contributed by atoms with Gasteiger partial charge in [-0.1, -0.05) is 29.8 Å². The van der Waals surface area contributed by atoms with Crippen LogP contribution >= 0.6 is 11.6 Å². The van der Waals surface area contributed by atoms with Crippen LogP contribution in [0, 0.1) is 17.8 Å². The van der Waals surface area contributed by atoms with Crippen molar-refractivity contribution in [3.05, 3.63) is 34.9 Å². The van der Waals surface area contributed by atoms with E-state index < -0.39 is 17.5 Å². The van der Waals surface area contributed by atoms with Crippen LogP contribution in [0.3, 0.4) is 0 Å². The third kappa shape index (κ3) is 3.03. The van der Waals surface area contributed by atoms with Gasteiger partial charge in [0.1, 0.15) is 12.1 Å². The van der Waals surface area contributed by atoms with Gasteiger partial charge in [0.05, 0.1) is 0 Å². The van der Waals surface area contributed by atoms with E-state index in [1.807, 2.05) is 0 Å². The molecule has 0 radical (unpaired) electrons. The summed E-state index contributed by atoms with van der Waals surface area (Å²) in [5, 5.41) is 6.36. The molecule has 6 nitrogen and oxygen atoms in total. The lowest BCUT2D eigenvalue weighted by Gasteiger charge is -2.56. The molecule has 1 heterocycles. The molecule has 1 atom stereocenters. The van der Waals surface area contributed by atoms with E-state index in [-0.39, 0.29) is 18.0 Å². The molecular formula is C22H26ClN3O3. The number of benzene rings is 1. The van der Waals surface area contributed by atoms with Crippen LogP contribution < -0.4 is 10.6 Å². The molecule has 4 amide bonds. The van der Waals surface area contributed by atoms with Gasteiger partial charge >= 0.3 is 6.03 Å². The summed E-state index contributed by atoms with van der Waals surface area (Å²) < 4.78 is 0. The van der Waals surface area contributed by atoms with Gasteiger partial charge < -0.3 is 10.6 Å². The molecule has 1 saturated heterocycles. The minimum absolute atomic E-state index is 0.142. The fourth-order valence-corrected chi connectivity index (χ4v) is 6.96.